The SMILES string of the molecule is CCc1ccccc1Oc1ccc(NC(=O)C(C)(C)CCl)cc1. The van der Waals surface area contributed by atoms with Crippen LogP contribution >= 0.6 is 11.6 Å². The number of carbonyl (C=O) groups is 1. The van der Waals surface area contributed by atoms with Gasteiger partial charge in [0.15, 0.2) is 0 Å². The molecule has 2 aromatic carbocycles. The predicted molar refractivity (Wildman–Crippen MR) is 95.5 cm³/mol. The first kappa shape index (κ1) is 17.4. The van der Waals surface area contributed by atoms with Gasteiger partial charge in [-0.1, -0.05) is 25.1 Å². The Bertz CT molecular complexity index is 665. The number of para-hydroxylation sites is 1. The second-order valence-electron chi connectivity index (χ2n) is 6.06. The number of nitrogens with one attached hydrogen (secondary N) is 1. The van der Waals surface area contributed by atoms with E-state index in [1.54, 1.807) is 0 Å². The topological polar surface area (TPSA) is 38.3 Å². The molecule has 0 spiro atoms. The zero-order chi connectivity index (χ0) is 16.9. The van der Waals surface area contributed by atoms with Crippen LogP contribution in [-0.2, 0) is 11.2 Å². The van der Waals surface area contributed by atoms with Gasteiger partial charge in [-0.15, -0.1) is 11.6 Å². The molecule has 3 nitrogen and oxygen atoms in total. The molecule has 0 fully saturated rings. The summed E-state index contributed by atoms with van der Waals surface area (Å²) in [5.41, 5.74) is 1.29. The van der Waals surface area contributed by atoms with Crippen molar-refractivity contribution < 1.29 is 9.53 Å². The molecule has 0 bridgehead atoms. The van der Waals surface area contributed by atoms with Crippen LogP contribution in [0.3, 0.4) is 0 Å². The Morgan fingerprint density at radius 3 is 2.39 bits per heavy atom. The Labute approximate surface area is 142 Å². The third-order valence-corrected chi connectivity index (χ3v) is 4.31. The number of amides is 1. The minimum absolute atomic E-state index is 0.0995. The van der Waals surface area contributed by atoms with E-state index in [0.29, 0.717) is 0 Å². The van der Waals surface area contributed by atoms with Gasteiger partial charge in [0.1, 0.15) is 11.5 Å². The van der Waals surface area contributed by atoms with E-state index in [0.717, 1.165) is 29.2 Å². The Morgan fingerprint density at radius 2 is 1.78 bits per heavy atom. The van der Waals surface area contributed by atoms with E-state index >= 15 is 0 Å². The van der Waals surface area contributed by atoms with Crippen molar-refractivity contribution in [2.24, 2.45) is 5.41 Å². The van der Waals surface area contributed by atoms with E-state index in [1.165, 1.54) is 0 Å². The van der Waals surface area contributed by atoms with Crippen LogP contribution in [0.2, 0.25) is 0 Å². The molecule has 0 aliphatic rings. The van der Waals surface area contributed by atoms with Crippen molar-refractivity contribution in [1.82, 2.24) is 0 Å². The summed E-state index contributed by atoms with van der Waals surface area (Å²) >= 11 is 5.82. The number of carbonyl (C=O) groups excluding carboxylic acids is 1. The quantitative estimate of drug-likeness (QED) is 0.734. The second kappa shape index (κ2) is 7.51. The highest BCUT2D eigenvalue weighted by Crippen LogP contribution is 2.27. The molecule has 4 heteroatoms. The largest absolute Gasteiger partial charge is 0.457 e. The third-order valence-electron chi connectivity index (χ3n) is 3.64. The van der Waals surface area contributed by atoms with E-state index in [-0.39, 0.29) is 11.8 Å². The van der Waals surface area contributed by atoms with Crippen LogP contribution in [0.1, 0.15) is 26.3 Å². The molecule has 122 valence electrons. The lowest BCUT2D eigenvalue weighted by molar-refractivity contribution is -0.122. The first-order valence-electron chi connectivity index (χ1n) is 7.69. The normalized spacial score (nSPS) is 11.1. The zero-order valence-electron chi connectivity index (χ0n) is 13.7. The van der Waals surface area contributed by atoms with Gasteiger partial charge in [-0.2, -0.15) is 0 Å². The van der Waals surface area contributed by atoms with Gasteiger partial charge in [0, 0.05) is 11.6 Å². The maximum absolute atomic E-state index is 12.1. The molecule has 0 saturated heterocycles. The van der Waals surface area contributed by atoms with E-state index in [9.17, 15) is 4.79 Å². The molecule has 2 aromatic rings. The average Bonchev–Trinajstić information content (AvgIpc) is 2.57. The number of aryl methyl sites for hydroxylation is 1. The molecule has 0 aromatic heterocycles. The number of benzene rings is 2. The number of alkyl halides is 1. The minimum atomic E-state index is -0.600. The molecular formula is C19H22ClNO2. The molecule has 0 saturated carbocycles. The second-order valence-corrected chi connectivity index (χ2v) is 6.33. The highest BCUT2D eigenvalue weighted by molar-refractivity contribution is 6.20. The van der Waals surface area contributed by atoms with E-state index in [4.69, 9.17) is 16.3 Å². The van der Waals surface area contributed by atoms with Crippen LogP contribution in [-0.4, -0.2) is 11.8 Å². The van der Waals surface area contributed by atoms with Gasteiger partial charge in [0.2, 0.25) is 5.91 Å². The standard InChI is InChI=1S/C19H22ClNO2/c1-4-14-7-5-6-8-17(14)23-16-11-9-15(10-12-16)21-18(22)19(2,3)13-20/h5-12H,4,13H2,1-3H3,(H,21,22). The van der Waals surface area contributed by atoms with Crippen molar-refractivity contribution in [2.45, 2.75) is 27.2 Å². The Balaban J connectivity index is 2.07. The third kappa shape index (κ3) is 4.49. The number of ether oxygens (including phenoxy) is 1. The summed E-state index contributed by atoms with van der Waals surface area (Å²) in [4.78, 5) is 12.1. The van der Waals surface area contributed by atoms with Gasteiger partial charge in [0.25, 0.3) is 0 Å². The Hall–Kier alpha value is -2.00. The van der Waals surface area contributed by atoms with Crippen LogP contribution in [0.4, 0.5) is 5.69 Å². The van der Waals surface area contributed by atoms with Crippen LogP contribution in [0.15, 0.2) is 48.5 Å². The molecule has 1 N–H and O–H groups in total. The Kier molecular flexibility index (Phi) is 5.67. The lowest BCUT2D eigenvalue weighted by Crippen LogP contribution is -2.32. The molecule has 0 atom stereocenters. The first-order chi connectivity index (χ1) is 11.0. The van der Waals surface area contributed by atoms with Gasteiger partial charge in [-0.25, -0.2) is 0 Å². The number of hydrogen-bond acceptors (Lipinski definition) is 2. The molecule has 0 heterocycles. The Morgan fingerprint density at radius 1 is 1.13 bits per heavy atom. The summed E-state index contributed by atoms with van der Waals surface area (Å²) in [5.74, 6) is 1.77. The first-order valence-corrected chi connectivity index (χ1v) is 8.23. The minimum Gasteiger partial charge on any atom is -0.457 e. The summed E-state index contributed by atoms with van der Waals surface area (Å²) in [7, 11) is 0. The van der Waals surface area contributed by atoms with E-state index < -0.39 is 5.41 Å². The molecule has 0 aliphatic heterocycles. The monoisotopic (exact) mass is 331 g/mol. The van der Waals surface area contributed by atoms with Crippen molar-refractivity contribution in [3.8, 4) is 11.5 Å². The van der Waals surface area contributed by atoms with Gasteiger partial charge >= 0.3 is 0 Å². The summed E-state index contributed by atoms with van der Waals surface area (Å²) in [6, 6.07) is 15.3. The fraction of sp³-hybridized carbons (Fsp3) is 0.316. The highest BCUT2D eigenvalue weighted by Gasteiger charge is 2.26. The summed E-state index contributed by atoms with van der Waals surface area (Å²) in [6.45, 7) is 5.72. The molecule has 1 amide bonds. The number of rotatable bonds is 6. The van der Waals surface area contributed by atoms with E-state index in [2.05, 4.69) is 18.3 Å². The molecule has 0 radical (unpaired) electrons. The molecule has 0 aliphatic carbocycles. The molecule has 23 heavy (non-hydrogen) atoms. The average molecular weight is 332 g/mol. The van der Waals surface area contributed by atoms with Crippen LogP contribution in [0, 0.1) is 5.41 Å². The van der Waals surface area contributed by atoms with Crippen molar-refractivity contribution in [3.63, 3.8) is 0 Å². The lowest BCUT2D eigenvalue weighted by Gasteiger charge is -2.20. The van der Waals surface area contributed by atoms with Crippen molar-refractivity contribution in [2.75, 3.05) is 11.2 Å². The lowest BCUT2D eigenvalue weighted by atomic mass is 9.95. The van der Waals surface area contributed by atoms with Gasteiger partial charge < -0.3 is 10.1 Å². The fourth-order valence-electron chi connectivity index (χ4n) is 1.99. The maximum atomic E-state index is 12.1. The number of anilines is 1. The van der Waals surface area contributed by atoms with Crippen molar-refractivity contribution in [3.05, 3.63) is 54.1 Å². The summed E-state index contributed by atoms with van der Waals surface area (Å²) < 4.78 is 5.91. The number of hydrogen-bond donors (Lipinski definition) is 1. The number of halogens is 1. The molecule has 0 unspecified atom stereocenters. The van der Waals surface area contributed by atoms with Gasteiger partial charge in [0.05, 0.1) is 5.41 Å². The highest BCUT2D eigenvalue weighted by atomic mass is 35.5. The van der Waals surface area contributed by atoms with Gasteiger partial charge in [-0.3, -0.25) is 4.79 Å². The smallest absolute Gasteiger partial charge is 0.231 e. The summed E-state index contributed by atoms with van der Waals surface area (Å²) in [6.07, 6.45) is 0.915. The van der Waals surface area contributed by atoms with Crippen molar-refractivity contribution in [1.29, 1.82) is 0 Å². The van der Waals surface area contributed by atoms with Crippen LogP contribution in [0.25, 0.3) is 0 Å². The predicted octanol–water partition coefficient (Wildman–Crippen LogP) is 5.24. The van der Waals surface area contributed by atoms with Gasteiger partial charge in [-0.05, 0) is 56.2 Å². The summed E-state index contributed by atoms with van der Waals surface area (Å²) in [5, 5.41) is 2.87. The van der Waals surface area contributed by atoms with Crippen LogP contribution < -0.4 is 10.1 Å². The van der Waals surface area contributed by atoms with Crippen LogP contribution in [0.5, 0.6) is 11.5 Å². The molecule has 2 rings (SSSR count). The maximum Gasteiger partial charge on any atom is 0.231 e. The van der Waals surface area contributed by atoms with Crippen molar-refractivity contribution >= 4 is 23.2 Å². The fourth-order valence-corrected chi connectivity index (χ4v) is 2.11. The zero-order valence-corrected chi connectivity index (χ0v) is 14.5. The van der Waals surface area contributed by atoms with E-state index in [1.807, 2.05) is 56.3 Å². The molecular weight excluding hydrogens is 310 g/mol.